The summed E-state index contributed by atoms with van der Waals surface area (Å²) in [5, 5.41) is 9.13. The van der Waals surface area contributed by atoms with Gasteiger partial charge in [-0.05, 0) is 59.3 Å². The van der Waals surface area contributed by atoms with Crippen LogP contribution in [-0.2, 0) is 4.74 Å². The molecule has 0 amide bonds. The zero-order valence-electron chi connectivity index (χ0n) is 11.3. The van der Waals surface area contributed by atoms with Gasteiger partial charge in [-0.2, -0.15) is 5.26 Å². The number of halogens is 1. The van der Waals surface area contributed by atoms with E-state index in [0.29, 0.717) is 33.7 Å². The van der Waals surface area contributed by atoms with Crippen molar-refractivity contribution >= 4 is 21.9 Å². The van der Waals surface area contributed by atoms with Gasteiger partial charge in [0.15, 0.2) is 0 Å². The van der Waals surface area contributed by atoms with Gasteiger partial charge in [0.2, 0.25) is 0 Å². The molecule has 0 aliphatic heterocycles. The highest BCUT2D eigenvalue weighted by atomic mass is 79.9. The van der Waals surface area contributed by atoms with Crippen molar-refractivity contribution in [2.75, 3.05) is 6.61 Å². The number of hydrogen-bond donors (Lipinski definition) is 0. The molecular formula is C16H12BrNO3. The van der Waals surface area contributed by atoms with Crippen molar-refractivity contribution in [2.24, 2.45) is 0 Å². The van der Waals surface area contributed by atoms with E-state index in [2.05, 4.69) is 22.0 Å². The number of esters is 1. The van der Waals surface area contributed by atoms with Crippen molar-refractivity contribution in [1.29, 1.82) is 5.26 Å². The van der Waals surface area contributed by atoms with E-state index in [0.717, 1.165) is 0 Å². The molecule has 0 saturated heterocycles. The van der Waals surface area contributed by atoms with Crippen LogP contribution in [-0.4, -0.2) is 12.6 Å². The van der Waals surface area contributed by atoms with Gasteiger partial charge in [-0.25, -0.2) is 4.79 Å². The smallest absolute Gasteiger partial charge is 0.338 e. The van der Waals surface area contributed by atoms with Gasteiger partial charge in [0, 0.05) is 4.47 Å². The molecule has 0 saturated carbocycles. The maximum atomic E-state index is 11.5. The Hall–Kier alpha value is -2.32. The summed E-state index contributed by atoms with van der Waals surface area (Å²) in [6, 6.07) is 13.9. The first-order chi connectivity index (χ1) is 10.2. The lowest BCUT2D eigenvalue weighted by molar-refractivity contribution is 0.0526. The van der Waals surface area contributed by atoms with Gasteiger partial charge in [0.1, 0.15) is 23.1 Å². The molecule has 4 nitrogen and oxygen atoms in total. The lowest BCUT2D eigenvalue weighted by Gasteiger charge is -2.09. The minimum Gasteiger partial charge on any atom is -0.462 e. The van der Waals surface area contributed by atoms with E-state index in [1.165, 1.54) is 0 Å². The summed E-state index contributed by atoms with van der Waals surface area (Å²) in [7, 11) is 0. The Balaban J connectivity index is 2.20. The van der Waals surface area contributed by atoms with Crippen LogP contribution in [0.5, 0.6) is 11.5 Å². The molecule has 0 fully saturated rings. The molecule has 0 aromatic heterocycles. The average molecular weight is 346 g/mol. The van der Waals surface area contributed by atoms with Gasteiger partial charge in [-0.1, -0.05) is 6.07 Å². The van der Waals surface area contributed by atoms with Crippen LogP contribution in [0.2, 0.25) is 0 Å². The first-order valence-corrected chi connectivity index (χ1v) is 7.08. The van der Waals surface area contributed by atoms with Gasteiger partial charge in [-0.3, -0.25) is 0 Å². The molecule has 0 aliphatic carbocycles. The van der Waals surface area contributed by atoms with Crippen molar-refractivity contribution in [1.82, 2.24) is 0 Å². The SMILES string of the molecule is CCOC(=O)c1ccc(Oc2cccc(Br)c2C#N)cc1. The fourth-order valence-electron chi connectivity index (χ4n) is 1.70. The third-order valence-electron chi connectivity index (χ3n) is 2.68. The predicted molar refractivity (Wildman–Crippen MR) is 81.3 cm³/mol. The Morgan fingerprint density at radius 1 is 1.24 bits per heavy atom. The van der Waals surface area contributed by atoms with Crippen LogP contribution in [0.25, 0.3) is 0 Å². The standard InChI is InChI=1S/C16H12BrNO3/c1-2-20-16(19)11-6-8-12(9-7-11)21-15-5-3-4-14(17)13(15)10-18/h3-9H,2H2,1H3. The monoisotopic (exact) mass is 345 g/mol. The Kier molecular flexibility index (Phi) is 4.96. The minimum atomic E-state index is -0.371. The summed E-state index contributed by atoms with van der Waals surface area (Å²) >= 11 is 3.30. The third-order valence-corrected chi connectivity index (χ3v) is 3.34. The van der Waals surface area contributed by atoms with E-state index in [1.54, 1.807) is 49.4 Å². The minimum absolute atomic E-state index is 0.334. The van der Waals surface area contributed by atoms with E-state index < -0.39 is 0 Å². The van der Waals surface area contributed by atoms with E-state index in [-0.39, 0.29) is 5.97 Å². The first-order valence-electron chi connectivity index (χ1n) is 6.29. The summed E-state index contributed by atoms with van der Waals surface area (Å²) in [5.74, 6) is 0.623. The highest BCUT2D eigenvalue weighted by Gasteiger charge is 2.10. The summed E-state index contributed by atoms with van der Waals surface area (Å²) in [5.41, 5.74) is 0.880. The largest absolute Gasteiger partial charge is 0.462 e. The van der Waals surface area contributed by atoms with Crippen LogP contribution in [0.15, 0.2) is 46.9 Å². The summed E-state index contributed by atoms with van der Waals surface area (Å²) in [4.78, 5) is 11.5. The molecule has 21 heavy (non-hydrogen) atoms. The number of rotatable bonds is 4. The fraction of sp³-hybridized carbons (Fsp3) is 0.125. The second-order valence-corrected chi connectivity index (χ2v) is 4.93. The van der Waals surface area contributed by atoms with Gasteiger partial charge in [0.25, 0.3) is 0 Å². The molecule has 0 spiro atoms. The topological polar surface area (TPSA) is 59.3 Å². The number of carbonyl (C=O) groups is 1. The maximum absolute atomic E-state index is 11.5. The summed E-state index contributed by atoms with van der Waals surface area (Å²) in [6.07, 6.45) is 0. The van der Waals surface area contributed by atoms with Crippen LogP contribution >= 0.6 is 15.9 Å². The summed E-state index contributed by atoms with van der Waals surface area (Å²) < 4.78 is 11.3. The zero-order valence-corrected chi connectivity index (χ0v) is 12.9. The van der Waals surface area contributed by atoms with Crippen LogP contribution in [0.1, 0.15) is 22.8 Å². The number of carbonyl (C=O) groups excluding carboxylic acids is 1. The Labute approximate surface area is 131 Å². The van der Waals surface area contributed by atoms with Crippen LogP contribution in [0.4, 0.5) is 0 Å². The summed E-state index contributed by atoms with van der Waals surface area (Å²) in [6.45, 7) is 2.09. The van der Waals surface area contributed by atoms with Crippen molar-refractivity contribution in [3.63, 3.8) is 0 Å². The predicted octanol–water partition coefficient (Wildman–Crippen LogP) is 4.29. The number of ether oxygens (including phenoxy) is 2. The molecule has 2 aromatic rings. The number of nitriles is 1. The van der Waals surface area contributed by atoms with Crippen LogP contribution in [0, 0.1) is 11.3 Å². The Morgan fingerprint density at radius 2 is 1.95 bits per heavy atom. The molecule has 106 valence electrons. The van der Waals surface area contributed by atoms with Gasteiger partial charge >= 0.3 is 5.97 Å². The van der Waals surface area contributed by atoms with E-state index in [4.69, 9.17) is 14.7 Å². The molecule has 2 rings (SSSR count). The molecule has 0 heterocycles. The molecule has 0 unspecified atom stereocenters. The lowest BCUT2D eigenvalue weighted by Crippen LogP contribution is -2.04. The highest BCUT2D eigenvalue weighted by Crippen LogP contribution is 2.30. The lowest BCUT2D eigenvalue weighted by atomic mass is 10.2. The first kappa shape index (κ1) is 15.1. The Bertz CT molecular complexity index is 690. The third kappa shape index (κ3) is 3.61. The Morgan fingerprint density at radius 3 is 2.57 bits per heavy atom. The second-order valence-electron chi connectivity index (χ2n) is 4.07. The molecule has 0 bridgehead atoms. The molecular weight excluding hydrogens is 334 g/mol. The maximum Gasteiger partial charge on any atom is 0.338 e. The highest BCUT2D eigenvalue weighted by molar-refractivity contribution is 9.10. The average Bonchev–Trinajstić information content (AvgIpc) is 2.48. The quantitative estimate of drug-likeness (QED) is 0.775. The van der Waals surface area contributed by atoms with Crippen molar-refractivity contribution < 1.29 is 14.3 Å². The van der Waals surface area contributed by atoms with Crippen LogP contribution < -0.4 is 4.74 Å². The van der Waals surface area contributed by atoms with E-state index in [1.807, 2.05) is 0 Å². The second kappa shape index (κ2) is 6.91. The number of hydrogen-bond acceptors (Lipinski definition) is 4. The van der Waals surface area contributed by atoms with Gasteiger partial charge in [0.05, 0.1) is 12.2 Å². The van der Waals surface area contributed by atoms with E-state index >= 15 is 0 Å². The number of benzene rings is 2. The normalized spacial score (nSPS) is 9.76. The molecule has 5 heteroatoms. The van der Waals surface area contributed by atoms with Gasteiger partial charge in [-0.15, -0.1) is 0 Å². The van der Waals surface area contributed by atoms with Crippen molar-refractivity contribution in [2.45, 2.75) is 6.92 Å². The fourth-order valence-corrected chi connectivity index (χ4v) is 2.14. The number of nitrogens with zero attached hydrogens (tertiary/aromatic N) is 1. The molecule has 0 radical (unpaired) electrons. The van der Waals surface area contributed by atoms with E-state index in [9.17, 15) is 4.79 Å². The molecule has 0 atom stereocenters. The van der Waals surface area contributed by atoms with Crippen molar-refractivity contribution in [3.8, 4) is 17.6 Å². The molecule has 2 aromatic carbocycles. The molecule has 0 aliphatic rings. The zero-order chi connectivity index (χ0) is 15.2. The van der Waals surface area contributed by atoms with Gasteiger partial charge < -0.3 is 9.47 Å². The van der Waals surface area contributed by atoms with Crippen LogP contribution in [0.3, 0.4) is 0 Å². The molecule has 0 N–H and O–H groups in total. The van der Waals surface area contributed by atoms with Crippen molar-refractivity contribution in [3.05, 3.63) is 58.1 Å².